The highest BCUT2D eigenvalue weighted by Gasteiger charge is 2.08. The smallest absolute Gasteiger partial charge is 0.371 e. The van der Waals surface area contributed by atoms with E-state index in [2.05, 4.69) is 12.2 Å². The molecule has 5 heteroatoms. The minimum Gasteiger partial charge on any atom is -0.494 e. The number of carboxylic acid groups (broad SMARTS) is 1. The van der Waals surface area contributed by atoms with Gasteiger partial charge in [0.05, 0.1) is 13.2 Å². The van der Waals surface area contributed by atoms with Crippen LogP contribution in [0, 0.1) is 0 Å². The summed E-state index contributed by atoms with van der Waals surface area (Å²) < 4.78 is 10.6. The Balaban J connectivity index is 1.88. The summed E-state index contributed by atoms with van der Waals surface area (Å²) in [6.07, 6.45) is 0.977. The van der Waals surface area contributed by atoms with Crippen LogP contribution in [0.3, 0.4) is 0 Å². The fourth-order valence-electron chi connectivity index (χ4n) is 1.67. The van der Waals surface area contributed by atoms with Crippen molar-refractivity contribution in [3.63, 3.8) is 0 Å². The average Bonchev–Trinajstić information content (AvgIpc) is 2.93. The van der Waals surface area contributed by atoms with Gasteiger partial charge in [0, 0.05) is 5.69 Å². The number of hydrogen-bond acceptors (Lipinski definition) is 4. The Bertz CT molecular complexity index is 560. The number of rotatable bonds is 7. The van der Waals surface area contributed by atoms with Gasteiger partial charge in [-0.15, -0.1) is 0 Å². The minimum atomic E-state index is -1.06. The molecule has 0 radical (unpaired) electrons. The van der Waals surface area contributed by atoms with Gasteiger partial charge in [-0.05, 0) is 42.8 Å². The normalized spacial score (nSPS) is 10.2. The van der Waals surface area contributed by atoms with Crippen LogP contribution >= 0.6 is 0 Å². The van der Waals surface area contributed by atoms with Gasteiger partial charge in [0.1, 0.15) is 11.5 Å². The van der Waals surface area contributed by atoms with Gasteiger partial charge in [-0.2, -0.15) is 0 Å². The molecule has 0 atom stereocenters. The lowest BCUT2D eigenvalue weighted by molar-refractivity contribution is 0.0660. The molecule has 1 aromatic heterocycles. The molecule has 0 saturated heterocycles. The lowest BCUT2D eigenvalue weighted by atomic mass is 10.3. The molecule has 20 heavy (non-hydrogen) atoms. The largest absolute Gasteiger partial charge is 0.494 e. The van der Waals surface area contributed by atoms with Gasteiger partial charge in [0.25, 0.3) is 0 Å². The van der Waals surface area contributed by atoms with Crippen LogP contribution in [0.1, 0.15) is 29.7 Å². The lowest BCUT2D eigenvalue weighted by Crippen LogP contribution is -1.99. The first kappa shape index (κ1) is 14.0. The van der Waals surface area contributed by atoms with Crippen molar-refractivity contribution >= 4 is 11.7 Å². The highest BCUT2D eigenvalue weighted by molar-refractivity contribution is 5.84. The number of ether oxygens (including phenoxy) is 1. The number of benzene rings is 1. The summed E-state index contributed by atoms with van der Waals surface area (Å²) in [5.74, 6) is 0.302. The summed E-state index contributed by atoms with van der Waals surface area (Å²) in [7, 11) is 0. The monoisotopic (exact) mass is 275 g/mol. The van der Waals surface area contributed by atoms with Crippen molar-refractivity contribution in [3.8, 4) is 5.75 Å². The molecule has 0 aliphatic heterocycles. The molecule has 0 aliphatic carbocycles. The molecular weight excluding hydrogens is 258 g/mol. The highest BCUT2D eigenvalue weighted by Crippen LogP contribution is 2.17. The molecule has 0 spiro atoms. The van der Waals surface area contributed by atoms with Gasteiger partial charge in [0.15, 0.2) is 0 Å². The zero-order valence-electron chi connectivity index (χ0n) is 11.3. The minimum absolute atomic E-state index is 0.0508. The zero-order chi connectivity index (χ0) is 14.4. The van der Waals surface area contributed by atoms with Crippen LogP contribution in [0.15, 0.2) is 40.8 Å². The maximum atomic E-state index is 10.7. The Labute approximate surface area is 117 Å². The second kappa shape index (κ2) is 6.65. The zero-order valence-corrected chi connectivity index (χ0v) is 11.3. The van der Waals surface area contributed by atoms with Gasteiger partial charge < -0.3 is 19.6 Å². The quantitative estimate of drug-likeness (QED) is 0.810. The van der Waals surface area contributed by atoms with E-state index in [0.29, 0.717) is 18.9 Å². The van der Waals surface area contributed by atoms with E-state index in [9.17, 15) is 4.79 Å². The van der Waals surface area contributed by atoms with Crippen LogP contribution in [0.4, 0.5) is 5.69 Å². The van der Waals surface area contributed by atoms with E-state index in [-0.39, 0.29) is 5.76 Å². The summed E-state index contributed by atoms with van der Waals surface area (Å²) >= 11 is 0. The number of aromatic carboxylic acids is 1. The molecule has 2 aromatic rings. The van der Waals surface area contributed by atoms with Gasteiger partial charge in [-0.3, -0.25) is 0 Å². The van der Waals surface area contributed by atoms with Crippen LogP contribution in [0.2, 0.25) is 0 Å². The third kappa shape index (κ3) is 3.78. The molecule has 106 valence electrons. The van der Waals surface area contributed by atoms with E-state index in [1.54, 1.807) is 6.07 Å². The summed E-state index contributed by atoms with van der Waals surface area (Å²) in [5, 5.41) is 11.9. The maximum Gasteiger partial charge on any atom is 0.371 e. The first-order valence-electron chi connectivity index (χ1n) is 6.48. The number of nitrogens with one attached hydrogen (secondary N) is 1. The Morgan fingerprint density at radius 2 is 2.00 bits per heavy atom. The van der Waals surface area contributed by atoms with E-state index in [0.717, 1.165) is 17.9 Å². The molecule has 0 amide bonds. The third-order valence-corrected chi connectivity index (χ3v) is 2.67. The Morgan fingerprint density at radius 1 is 1.25 bits per heavy atom. The van der Waals surface area contributed by atoms with E-state index in [1.165, 1.54) is 6.07 Å². The summed E-state index contributed by atoms with van der Waals surface area (Å²) in [6.45, 7) is 3.20. The second-order valence-corrected chi connectivity index (χ2v) is 4.30. The summed E-state index contributed by atoms with van der Waals surface area (Å²) in [5.41, 5.74) is 0.919. The van der Waals surface area contributed by atoms with Crippen molar-refractivity contribution in [2.45, 2.75) is 19.9 Å². The Hall–Kier alpha value is -2.43. The predicted octanol–water partition coefficient (Wildman–Crippen LogP) is 3.38. The molecule has 5 nitrogen and oxygen atoms in total. The molecule has 0 saturated carbocycles. The molecule has 0 bridgehead atoms. The summed E-state index contributed by atoms with van der Waals surface area (Å²) in [4.78, 5) is 10.7. The van der Waals surface area contributed by atoms with E-state index >= 15 is 0 Å². The summed E-state index contributed by atoms with van der Waals surface area (Å²) in [6, 6.07) is 10.7. The van der Waals surface area contributed by atoms with Crippen LogP contribution < -0.4 is 10.1 Å². The van der Waals surface area contributed by atoms with Crippen molar-refractivity contribution < 1.29 is 19.1 Å². The molecule has 0 unspecified atom stereocenters. The molecular formula is C15H17NO4. The lowest BCUT2D eigenvalue weighted by Gasteiger charge is -2.07. The number of carbonyl (C=O) groups is 1. The predicted molar refractivity (Wildman–Crippen MR) is 75.2 cm³/mol. The van der Waals surface area contributed by atoms with Crippen molar-refractivity contribution in [2.24, 2.45) is 0 Å². The van der Waals surface area contributed by atoms with E-state index in [1.807, 2.05) is 24.3 Å². The maximum absolute atomic E-state index is 10.7. The average molecular weight is 275 g/mol. The topological polar surface area (TPSA) is 71.7 Å². The fourth-order valence-corrected chi connectivity index (χ4v) is 1.67. The number of hydrogen-bond donors (Lipinski definition) is 2. The molecule has 1 heterocycles. The third-order valence-electron chi connectivity index (χ3n) is 2.67. The van der Waals surface area contributed by atoms with Gasteiger partial charge in [-0.25, -0.2) is 4.79 Å². The van der Waals surface area contributed by atoms with Crippen molar-refractivity contribution in [1.82, 2.24) is 0 Å². The molecule has 0 aliphatic rings. The first-order valence-corrected chi connectivity index (χ1v) is 6.48. The van der Waals surface area contributed by atoms with Crippen molar-refractivity contribution in [1.29, 1.82) is 0 Å². The van der Waals surface area contributed by atoms with Gasteiger partial charge in [0.2, 0.25) is 5.76 Å². The standard InChI is InChI=1S/C15H17NO4/c1-2-9-19-12-5-3-11(4-6-12)16-10-13-7-8-14(20-13)15(17)18/h3-8,16H,2,9-10H2,1H3,(H,17,18). The van der Waals surface area contributed by atoms with Gasteiger partial charge in [-0.1, -0.05) is 6.92 Å². The number of anilines is 1. The van der Waals surface area contributed by atoms with Crippen LogP contribution in [0.5, 0.6) is 5.75 Å². The molecule has 0 fully saturated rings. The second-order valence-electron chi connectivity index (χ2n) is 4.30. The van der Waals surface area contributed by atoms with E-state index < -0.39 is 5.97 Å². The number of furan rings is 1. The number of carboxylic acids is 1. The Morgan fingerprint density at radius 3 is 2.60 bits per heavy atom. The van der Waals surface area contributed by atoms with Crippen LogP contribution in [0.25, 0.3) is 0 Å². The molecule has 2 rings (SSSR count). The Kier molecular flexibility index (Phi) is 4.65. The van der Waals surface area contributed by atoms with Crippen LogP contribution in [-0.2, 0) is 6.54 Å². The van der Waals surface area contributed by atoms with Crippen molar-refractivity contribution in [3.05, 3.63) is 47.9 Å². The van der Waals surface area contributed by atoms with Crippen LogP contribution in [-0.4, -0.2) is 17.7 Å². The fraction of sp³-hybridized carbons (Fsp3) is 0.267. The molecule has 2 N–H and O–H groups in total. The molecule has 1 aromatic carbocycles. The first-order chi connectivity index (χ1) is 9.69. The van der Waals surface area contributed by atoms with E-state index in [4.69, 9.17) is 14.3 Å². The highest BCUT2D eigenvalue weighted by atomic mass is 16.5. The van der Waals surface area contributed by atoms with Gasteiger partial charge >= 0.3 is 5.97 Å². The van der Waals surface area contributed by atoms with Crippen molar-refractivity contribution in [2.75, 3.05) is 11.9 Å². The SMILES string of the molecule is CCCOc1ccc(NCc2ccc(C(=O)O)o2)cc1.